The van der Waals surface area contributed by atoms with Crippen LogP contribution in [0.2, 0.25) is 5.02 Å². The van der Waals surface area contributed by atoms with Gasteiger partial charge in [0.25, 0.3) is 5.56 Å². The van der Waals surface area contributed by atoms with Crippen molar-refractivity contribution in [1.82, 2.24) is 9.78 Å². The number of H-pyrrole nitrogens is 1. The van der Waals surface area contributed by atoms with Crippen molar-refractivity contribution < 1.29 is 9.47 Å². The third-order valence-electron chi connectivity index (χ3n) is 5.10. The number of methoxy groups -OCH3 is 1. The number of aliphatic imine (C=N–C) groups is 1. The van der Waals surface area contributed by atoms with Crippen LogP contribution in [0.1, 0.15) is 48.8 Å². The second kappa shape index (κ2) is 8.85. The van der Waals surface area contributed by atoms with Gasteiger partial charge in [-0.3, -0.25) is 14.6 Å². The van der Waals surface area contributed by atoms with Crippen LogP contribution in [-0.4, -0.2) is 21.9 Å². The number of ether oxygens (including phenoxy) is 2. The van der Waals surface area contributed by atoms with E-state index in [0.29, 0.717) is 34.5 Å². The van der Waals surface area contributed by atoms with Crippen molar-refractivity contribution in [2.24, 2.45) is 4.99 Å². The molecule has 31 heavy (non-hydrogen) atoms. The highest BCUT2D eigenvalue weighted by atomic mass is 35.5. The molecule has 0 bridgehead atoms. The quantitative estimate of drug-likeness (QED) is 0.501. The first-order chi connectivity index (χ1) is 14.9. The number of thioether (sulfide) groups is 1. The monoisotopic (exact) mass is 457 g/mol. The van der Waals surface area contributed by atoms with E-state index < -0.39 is 0 Å². The Morgan fingerprint density at radius 2 is 2.00 bits per heavy atom. The lowest BCUT2D eigenvalue weighted by atomic mass is 10.1. The minimum atomic E-state index is -0.178. The Morgan fingerprint density at radius 1 is 1.23 bits per heavy atom. The molecule has 0 saturated carbocycles. The zero-order valence-corrected chi connectivity index (χ0v) is 19.4. The maximum absolute atomic E-state index is 12.8. The molecule has 0 radical (unpaired) electrons. The number of hydrogen-bond donors (Lipinski definition) is 1. The molecule has 0 saturated heterocycles. The Hall–Kier alpha value is -2.64. The lowest BCUT2D eigenvalue weighted by molar-refractivity contribution is 0.284. The maximum atomic E-state index is 12.8. The first-order valence-corrected chi connectivity index (χ1v) is 11.2. The van der Waals surface area contributed by atoms with Crippen molar-refractivity contribution in [3.63, 3.8) is 0 Å². The predicted octanol–water partition coefficient (Wildman–Crippen LogP) is 5.88. The minimum absolute atomic E-state index is 0.104. The van der Waals surface area contributed by atoms with Crippen molar-refractivity contribution in [2.45, 2.75) is 38.7 Å². The molecule has 0 unspecified atom stereocenters. The number of benzene rings is 2. The summed E-state index contributed by atoms with van der Waals surface area (Å²) in [5.41, 5.74) is 2.40. The molecular weight excluding hydrogens is 434 g/mol. The average molecular weight is 458 g/mol. The molecule has 0 fully saturated rings. The highest BCUT2D eigenvalue weighted by Gasteiger charge is 2.31. The van der Waals surface area contributed by atoms with Crippen molar-refractivity contribution in [3.8, 4) is 11.5 Å². The van der Waals surface area contributed by atoms with Crippen LogP contribution < -0.4 is 15.0 Å². The SMILES string of the molecule is COc1cc([C@@H]2SC(C)=Nc3c2c(=O)[nH]n3C(C)C)ccc1OCc1ccccc1Cl. The van der Waals surface area contributed by atoms with E-state index in [1.54, 1.807) is 18.9 Å². The van der Waals surface area contributed by atoms with E-state index in [1.165, 1.54) is 0 Å². The lowest BCUT2D eigenvalue weighted by Crippen LogP contribution is -2.13. The van der Waals surface area contributed by atoms with Gasteiger partial charge in [-0.15, -0.1) is 0 Å². The van der Waals surface area contributed by atoms with Crippen molar-refractivity contribution in [2.75, 3.05) is 7.11 Å². The van der Waals surface area contributed by atoms with Gasteiger partial charge in [-0.2, -0.15) is 0 Å². The molecule has 2 heterocycles. The summed E-state index contributed by atoms with van der Waals surface area (Å²) in [5, 5.41) is 4.32. The summed E-state index contributed by atoms with van der Waals surface area (Å²) in [4.78, 5) is 17.4. The van der Waals surface area contributed by atoms with Gasteiger partial charge in [0.15, 0.2) is 17.3 Å². The predicted molar refractivity (Wildman–Crippen MR) is 126 cm³/mol. The van der Waals surface area contributed by atoms with Crippen molar-refractivity contribution in [3.05, 3.63) is 74.5 Å². The van der Waals surface area contributed by atoms with Gasteiger partial charge in [0.2, 0.25) is 0 Å². The number of fused-ring (bicyclic) bond motifs is 1. The third kappa shape index (κ3) is 4.25. The molecule has 0 spiro atoms. The zero-order valence-electron chi connectivity index (χ0n) is 17.8. The van der Waals surface area contributed by atoms with E-state index in [9.17, 15) is 4.79 Å². The van der Waals surface area contributed by atoms with Crippen LogP contribution in [0.3, 0.4) is 0 Å². The summed E-state index contributed by atoms with van der Waals surface area (Å²) >= 11 is 7.79. The van der Waals surface area contributed by atoms with E-state index >= 15 is 0 Å². The Bertz CT molecular complexity index is 1200. The summed E-state index contributed by atoms with van der Waals surface area (Å²) in [5.74, 6) is 1.91. The van der Waals surface area contributed by atoms with Crippen LogP contribution in [0.25, 0.3) is 0 Å². The molecule has 2 aromatic carbocycles. The number of hydrogen-bond acceptors (Lipinski definition) is 5. The number of nitrogens with zero attached hydrogens (tertiary/aromatic N) is 2. The maximum Gasteiger partial charge on any atom is 0.271 e. The molecule has 0 aliphatic carbocycles. The van der Waals surface area contributed by atoms with Gasteiger partial charge in [0.1, 0.15) is 6.61 Å². The molecule has 1 aliphatic heterocycles. The van der Waals surface area contributed by atoms with Gasteiger partial charge in [-0.1, -0.05) is 47.6 Å². The molecule has 1 aliphatic rings. The van der Waals surface area contributed by atoms with E-state index in [0.717, 1.165) is 16.2 Å². The van der Waals surface area contributed by atoms with Crippen LogP contribution in [-0.2, 0) is 6.61 Å². The van der Waals surface area contributed by atoms with Crippen LogP contribution in [0.4, 0.5) is 5.82 Å². The number of aromatic amines is 1. The Morgan fingerprint density at radius 3 is 2.71 bits per heavy atom. The van der Waals surface area contributed by atoms with Gasteiger partial charge < -0.3 is 9.47 Å². The average Bonchev–Trinajstić information content (AvgIpc) is 3.09. The minimum Gasteiger partial charge on any atom is -0.493 e. The van der Waals surface area contributed by atoms with Crippen LogP contribution >= 0.6 is 23.4 Å². The van der Waals surface area contributed by atoms with Crippen LogP contribution in [0.15, 0.2) is 52.3 Å². The highest BCUT2D eigenvalue weighted by Crippen LogP contribution is 2.45. The van der Waals surface area contributed by atoms with Gasteiger partial charge in [0.05, 0.1) is 23.0 Å². The number of nitrogens with one attached hydrogen (secondary N) is 1. The molecule has 4 rings (SSSR count). The van der Waals surface area contributed by atoms with Gasteiger partial charge in [0, 0.05) is 16.6 Å². The van der Waals surface area contributed by atoms with Gasteiger partial charge in [-0.05, 0) is 44.5 Å². The topological polar surface area (TPSA) is 68.6 Å². The van der Waals surface area contributed by atoms with Crippen molar-refractivity contribution >= 4 is 34.2 Å². The molecule has 162 valence electrons. The number of rotatable bonds is 6. The molecule has 3 aromatic rings. The summed E-state index contributed by atoms with van der Waals surface area (Å²) in [7, 11) is 1.61. The summed E-state index contributed by atoms with van der Waals surface area (Å²) in [6.07, 6.45) is 0. The Kier molecular flexibility index (Phi) is 6.16. The lowest BCUT2D eigenvalue weighted by Gasteiger charge is -2.22. The molecule has 1 N–H and O–H groups in total. The highest BCUT2D eigenvalue weighted by molar-refractivity contribution is 8.14. The third-order valence-corrected chi connectivity index (χ3v) is 6.64. The normalized spacial score (nSPS) is 15.5. The summed E-state index contributed by atoms with van der Waals surface area (Å²) < 4.78 is 13.4. The van der Waals surface area contributed by atoms with E-state index in [1.807, 2.05) is 67.9 Å². The van der Waals surface area contributed by atoms with Gasteiger partial charge >= 0.3 is 0 Å². The van der Waals surface area contributed by atoms with E-state index in [4.69, 9.17) is 21.1 Å². The molecule has 0 amide bonds. The molecule has 1 aromatic heterocycles. The van der Waals surface area contributed by atoms with Crippen LogP contribution in [0, 0.1) is 0 Å². The number of aromatic nitrogens is 2. The molecule has 8 heteroatoms. The largest absolute Gasteiger partial charge is 0.493 e. The van der Waals surface area contributed by atoms with Crippen LogP contribution in [0.5, 0.6) is 11.5 Å². The standard InChI is InChI=1S/C23H24ClN3O3S/c1-13(2)27-22-20(23(28)26-27)21(31-14(3)25-22)15-9-10-18(19(11-15)29-4)30-12-16-7-5-6-8-17(16)24/h5-11,13,21H,12H2,1-4H3,(H,26,28)/t21-/m0/s1. The molecule has 6 nitrogen and oxygen atoms in total. The molecule has 1 atom stereocenters. The summed E-state index contributed by atoms with van der Waals surface area (Å²) in [6, 6.07) is 13.4. The van der Waals surface area contributed by atoms with Crippen molar-refractivity contribution in [1.29, 1.82) is 0 Å². The smallest absolute Gasteiger partial charge is 0.271 e. The first-order valence-electron chi connectivity index (χ1n) is 9.99. The summed E-state index contributed by atoms with van der Waals surface area (Å²) in [6.45, 7) is 6.33. The van der Waals surface area contributed by atoms with Gasteiger partial charge in [-0.25, -0.2) is 4.99 Å². The fourth-order valence-electron chi connectivity index (χ4n) is 3.56. The fourth-order valence-corrected chi connectivity index (χ4v) is 4.84. The number of halogens is 1. The molecular formula is C23H24ClN3O3S. The Labute approximate surface area is 190 Å². The fraction of sp³-hybridized carbons (Fsp3) is 0.304. The van der Waals surface area contributed by atoms with E-state index in [2.05, 4.69) is 10.1 Å². The zero-order chi connectivity index (χ0) is 22.1. The Balaban J connectivity index is 1.67. The first kappa shape index (κ1) is 21.6. The van der Waals surface area contributed by atoms with E-state index in [-0.39, 0.29) is 16.9 Å². The second-order valence-corrected chi connectivity index (χ2v) is 9.27. The second-order valence-electron chi connectivity index (χ2n) is 7.56.